The molecule has 0 aliphatic carbocycles. The van der Waals surface area contributed by atoms with E-state index in [-0.39, 0.29) is 51.4 Å². The summed E-state index contributed by atoms with van der Waals surface area (Å²) in [4.78, 5) is 0. The maximum atomic E-state index is 15.2. The van der Waals surface area contributed by atoms with Crippen LogP contribution < -0.4 is 51.4 Å². The number of hydrogen-bond acceptors (Lipinski definition) is 0. The molecule has 0 saturated carbocycles. The zero-order valence-electron chi connectivity index (χ0n) is 16.3. The summed E-state index contributed by atoms with van der Waals surface area (Å²) >= 11 is 0. The molecular formula is C24H16BF4Na. The molecule has 30 heavy (non-hydrogen) atoms. The van der Waals surface area contributed by atoms with Crippen molar-refractivity contribution in [2.24, 2.45) is 0 Å². The zero-order valence-corrected chi connectivity index (χ0v) is 18.3. The third-order valence-electron chi connectivity index (χ3n) is 5.49. The summed E-state index contributed by atoms with van der Waals surface area (Å²) in [5.74, 6) is -2.66. The molecule has 0 aromatic heterocycles. The van der Waals surface area contributed by atoms with Crippen LogP contribution in [0.2, 0.25) is 0 Å². The predicted octanol–water partition coefficient (Wildman–Crippen LogP) is 0.624. The topological polar surface area (TPSA) is 0 Å². The van der Waals surface area contributed by atoms with Crippen molar-refractivity contribution >= 4 is 28.0 Å². The summed E-state index contributed by atoms with van der Waals surface area (Å²) in [6.07, 6.45) is -2.82. The standard InChI is InChI=1S/C24H16BF4.Na/c26-21-13-5-1-9-17(21)25(18-10-2-6-14-22(18)27,19-11-3-7-15-23(19)28)20-12-4-8-16-24(20)29;/h1-16H;/q-1;+1. The number of benzene rings is 4. The van der Waals surface area contributed by atoms with Crippen molar-refractivity contribution in [2.75, 3.05) is 0 Å². The Morgan fingerprint density at radius 2 is 0.567 bits per heavy atom. The molecule has 0 unspecified atom stereocenters. The van der Waals surface area contributed by atoms with Crippen LogP contribution in [0.25, 0.3) is 0 Å². The molecule has 0 spiro atoms. The summed E-state index contributed by atoms with van der Waals surface area (Å²) in [5, 5.41) is 0. The Balaban J connectivity index is 0.00000256. The van der Waals surface area contributed by atoms with Crippen LogP contribution in [-0.2, 0) is 0 Å². The Kier molecular flexibility index (Phi) is 6.86. The van der Waals surface area contributed by atoms with Crippen LogP contribution in [-0.4, -0.2) is 6.15 Å². The van der Waals surface area contributed by atoms with Gasteiger partial charge in [-0.25, -0.2) is 17.6 Å². The second kappa shape index (κ2) is 9.21. The summed E-state index contributed by atoms with van der Waals surface area (Å²) in [6, 6.07) is 23.0. The minimum absolute atomic E-state index is 0. The minimum atomic E-state index is -2.82. The van der Waals surface area contributed by atoms with Gasteiger partial charge in [-0.2, -0.15) is 21.9 Å². The van der Waals surface area contributed by atoms with E-state index in [1.54, 1.807) is 24.3 Å². The van der Waals surface area contributed by atoms with Crippen LogP contribution in [0.3, 0.4) is 0 Å². The van der Waals surface area contributed by atoms with E-state index in [4.69, 9.17) is 0 Å². The molecule has 0 fully saturated rings. The first-order chi connectivity index (χ1) is 14.1. The van der Waals surface area contributed by atoms with Gasteiger partial charge < -0.3 is 0 Å². The molecule has 0 bridgehead atoms. The molecule has 0 saturated heterocycles. The maximum absolute atomic E-state index is 15.2. The Bertz CT molecular complexity index is 991. The van der Waals surface area contributed by atoms with Crippen molar-refractivity contribution < 1.29 is 47.1 Å². The van der Waals surface area contributed by atoms with Gasteiger partial charge in [0, 0.05) is 0 Å². The Morgan fingerprint density at radius 1 is 0.367 bits per heavy atom. The second-order valence-corrected chi connectivity index (χ2v) is 6.95. The van der Waals surface area contributed by atoms with Gasteiger partial charge in [0.2, 0.25) is 0 Å². The summed E-state index contributed by atoms with van der Waals surface area (Å²) in [7, 11) is 0. The largest absolute Gasteiger partial charge is 1.00 e. The van der Waals surface area contributed by atoms with E-state index in [0.717, 1.165) is 0 Å². The van der Waals surface area contributed by atoms with Gasteiger partial charge in [0.05, 0.1) is 23.3 Å². The average molecular weight is 414 g/mol. The van der Waals surface area contributed by atoms with Crippen LogP contribution in [0, 0.1) is 23.3 Å². The van der Waals surface area contributed by atoms with Crippen LogP contribution in [0.1, 0.15) is 0 Å². The SMILES string of the molecule is Fc1ccccc1[B-](c1ccccc1F)(c1ccccc1F)c1ccccc1F.[Na+]. The molecule has 144 valence electrons. The van der Waals surface area contributed by atoms with E-state index in [0.29, 0.717) is 0 Å². The Morgan fingerprint density at radius 3 is 0.767 bits per heavy atom. The first-order valence-corrected chi connectivity index (χ1v) is 9.22. The van der Waals surface area contributed by atoms with Crippen LogP contribution >= 0.6 is 0 Å². The molecule has 0 aliphatic rings. The van der Waals surface area contributed by atoms with E-state index in [9.17, 15) is 0 Å². The minimum Gasteiger partial charge on any atom is -0.210 e. The van der Waals surface area contributed by atoms with Crippen molar-refractivity contribution in [1.82, 2.24) is 0 Å². The third kappa shape index (κ3) is 3.62. The van der Waals surface area contributed by atoms with Crippen LogP contribution in [0.15, 0.2) is 97.1 Å². The van der Waals surface area contributed by atoms with Crippen molar-refractivity contribution in [3.05, 3.63) is 120 Å². The van der Waals surface area contributed by atoms with Crippen molar-refractivity contribution in [3.8, 4) is 0 Å². The molecule has 0 nitrogen and oxygen atoms in total. The van der Waals surface area contributed by atoms with Gasteiger partial charge in [0.25, 0.3) is 0 Å². The first-order valence-electron chi connectivity index (χ1n) is 9.22. The van der Waals surface area contributed by atoms with Gasteiger partial charge in [0.1, 0.15) is 6.15 Å². The monoisotopic (exact) mass is 414 g/mol. The van der Waals surface area contributed by atoms with E-state index in [1.165, 1.54) is 72.8 Å². The summed E-state index contributed by atoms with van der Waals surface area (Å²) in [6.45, 7) is 0. The number of hydrogen-bond donors (Lipinski definition) is 0. The fourth-order valence-electron chi connectivity index (χ4n) is 4.31. The molecule has 6 heteroatoms. The van der Waals surface area contributed by atoms with Gasteiger partial charge in [-0.1, -0.05) is 72.8 Å². The van der Waals surface area contributed by atoms with Gasteiger partial charge in [0.15, 0.2) is 0 Å². The molecule has 0 aliphatic heterocycles. The smallest absolute Gasteiger partial charge is 0.210 e. The normalized spacial score (nSPS) is 11.1. The quantitative estimate of drug-likeness (QED) is 0.340. The van der Waals surface area contributed by atoms with Gasteiger partial charge in [-0.3, -0.25) is 0 Å². The molecular weight excluding hydrogens is 398 g/mol. The van der Waals surface area contributed by atoms with E-state index >= 15 is 17.6 Å². The summed E-state index contributed by atoms with van der Waals surface area (Å²) < 4.78 is 60.7. The predicted molar refractivity (Wildman–Crippen MR) is 110 cm³/mol. The molecule has 0 N–H and O–H groups in total. The zero-order chi connectivity index (χ0) is 20.4. The van der Waals surface area contributed by atoms with E-state index in [2.05, 4.69) is 0 Å². The summed E-state index contributed by atoms with van der Waals surface area (Å²) in [5.41, 5.74) is 0.0844. The Hall–Kier alpha value is -2.34. The van der Waals surface area contributed by atoms with Crippen molar-refractivity contribution in [2.45, 2.75) is 0 Å². The van der Waals surface area contributed by atoms with Crippen molar-refractivity contribution in [1.29, 1.82) is 0 Å². The van der Waals surface area contributed by atoms with Gasteiger partial charge in [-0.05, 0) is 24.3 Å². The first kappa shape index (κ1) is 22.4. The second-order valence-electron chi connectivity index (χ2n) is 6.95. The molecule has 4 aromatic carbocycles. The van der Waals surface area contributed by atoms with E-state index in [1.807, 2.05) is 0 Å². The van der Waals surface area contributed by atoms with Gasteiger partial charge in [-0.15, -0.1) is 0 Å². The van der Waals surface area contributed by atoms with Gasteiger partial charge >= 0.3 is 29.6 Å². The average Bonchev–Trinajstić information content (AvgIpc) is 2.73. The van der Waals surface area contributed by atoms with Crippen molar-refractivity contribution in [3.63, 3.8) is 0 Å². The molecule has 0 radical (unpaired) electrons. The molecule has 0 amide bonds. The fraction of sp³-hybridized carbons (Fsp3) is 0. The fourth-order valence-corrected chi connectivity index (χ4v) is 4.31. The maximum Gasteiger partial charge on any atom is 1.00 e. The Labute approximate surface area is 194 Å². The molecule has 4 aromatic rings. The van der Waals surface area contributed by atoms with E-state index < -0.39 is 29.4 Å². The third-order valence-corrected chi connectivity index (χ3v) is 5.49. The molecule has 4 rings (SSSR count). The number of rotatable bonds is 4. The van der Waals surface area contributed by atoms with Crippen LogP contribution in [0.4, 0.5) is 17.6 Å². The molecule has 0 heterocycles. The number of halogens is 4. The van der Waals surface area contributed by atoms with Crippen LogP contribution in [0.5, 0.6) is 0 Å². The molecule has 0 atom stereocenters.